The van der Waals surface area contributed by atoms with E-state index in [2.05, 4.69) is 10.1 Å². The normalized spacial score (nSPS) is 29.3. The third kappa shape index (κ3) is 0.806. The number of nitrogens with two attached hydrogens (primary N) is 1. The predicted molar refractivity (Wildman–Crippen MR) is 22.5 cm³/mol. The molecule has 0 radical (unpaired) electrons. The van der Waals surface area contributed by atoms with Gasteiger partial charge in [-0.15, -0.1) is 0 Å². The largest absolute Gasteiger partial charge is 0.446 e. The van der Waals surface area contributed by atoms with Crippen molar-refractivity contribution in [3.63, 3.8) is 0 Å². The first-order valence-corrected chi connectivity index (χ1v) is 1.98. The van der Waals surface area contributed by atoms with Crippen molar-refractivity contribution in [1.82, 2.24) is 5.32 Å². The summed E-state index contributed by atoms with van der Waals surface area (Å²) in [6.07, 6.45) is -0.722. The van der Waals surface area contributed by atoms with Crippen LogP contribution >= 0.6 is 0 Å². The van der Waals surface area contributed by atoms with E-state index in [4.69, 9.17) is 5.73 Å². The van der Waals surface area contributed by atoms with Crippen molar-refractivity contribution < 1.29 is 9.53 Å². The minimum Gasteiger partial charge on any atom is -0.446 e. The van der Waals surface area contributed by atoms with Crippen LogP contribution in [0.5, 0.6) is 0 Å². The Labute approximate surface area is 40.6 Å². The molecule has 0 spiro atoms. The molecule has 40 valence electrons. The van der Waals surface area contributed by atoms with E-state index >= 15 is 0 Å². The molecule has 7 heavy (non-hydrogen) atoms. The number of nitrogens with one attached hydrogen (secondary N) is 1. The van der Waals surface area contributed by atoms with Gasteiger partial charge in [-0.25, -0.2) is 4.79 Å². The first-order chi connectivity index (χ1) is 3.29. The molecule has 4 heteroatoms. The first-order valence-electron chi connectivity index (χ1n) is 1.98. The van der Waals surface area contributed by atoms with Crippen molar-refractivity contribution in [3.8, 4) is 0 Å². The number of cyclic esters (lactones) is 1. The lowest BCUT2D eigenvalue weighted by Gasteiger charge is -1.91. The monoisotopic (exact) mass is 102 g/mol. The van der Waals surface area contributed by atoms with Crippen LogP contribution in [0.4, 0.5) is 4.79 Å². The average Bonchev–Trinajstić information content (AvgIpc) is 1.87. The summed E-state index contributed by atoms with van der Waals surface area (Å²) in [5, 5.41) is 2.33. The van der Waals surface area contributed by atoms with Gasteiger partial charge in [-0.1, -0.05) is 0 Å². The molecule has 0 aliphatic carbocycles. The fourth-order valence-electron chi connectivity index (χ4n) is 0.400. The van der Waals surface area contributed by atoms with Crippen molar-refractivity contribution >= 4 is 6.09 Å². The molecule has 1 amide bonds. The van der Waals surface area contributed by atoms with E-state index in [1.165, 1.54) is 0 Å². The lowest BCUT2D eigenvalue weighted by molar-refractivity contribution is 0.177. The molecule has 1 rings (SSSR count). The molecule has 4 nitrogen and oxygen atoms in total. The average molecular weight is 102 g/mol. The van der Waals surface area contributed by atoms with Crippen molar-refractivity contribution in [2.75, 3.05) is 6.61 Å². The van der Waals surface area contributed by atoms with Crippen molar-refractivity contribution in [2.24, 2.45) is 5.73 Å². The van der Waals surface area contributed by atoms with Crippen LogP contribution in [0.2, 0.25) is 0 Å². The fourth-order valence-corrected chi connectivity index (χ4v) is 0.400. The van der Waals surface area contributed by atoms with Crippen LogP contribution in [-0.4, -0.2) is 18.9 Å². The smallest absolute Gasteiger partial charge is 0.408 e. The van der Waals surface area contributed by atoms with Crippen LogP contribution < -0.4 is 11.1 Å². The molecule has 0 saturated carbocycles. The highest BCUT2D eigenvalue weighted by molar-refractivity contribution is 5.69. The molecule has 1 saturated heterocycles. The topological polar surface area (TPSA) is 64.3 Å². The first kappa shape index (κ1) is 4.39. The minimum absolute atomic E-state index is 0.291. The molecule has 1 heterocycles. The summed E-state index contributed by atoms with van der Waals surface area (Å²) < 4.78 is 4.39. The highest BCUT2D eigenvalue weighted by Gasteiger charge is 2.16. The van der Waals surface area contributed by atoms with E-state index in [0.29, 0.717) is 6.61 Å². The molecule has 1 fully saturated rings. The minimum atomic E-state index is -0.424. The molecule has 0 aromatic heterocycles. The molecular formula is C3H6N2O2. The van der Waals surface area contributed by atoms with E-state index in [9.17, 15) is 4.79 Å². The van der Waals surface area contributed by atoms with Crippen LogP contribution in [0, 0.1) is 0 Å². The summed E-state index contributed by atoms with van der Waals surface area (Å²) in [6.45, 7) is 0.291. The van der Waals surface area contributed by atoms with Gasteiger partial charge in [-0.2, -0.15) is 0 Å². The van der Waals surface area contributed by atoms with Crippen LogP contribution in [-0.2, 0) is 4.74 Å². The summed E-state index contributed by atoms with van der Waals surface area (Å²) in [7, 11) is 0. The van der Waals surface area contributed by atoms with Gasteiger partial charge in [-0.3, -0.25) is 0 Å². The van der Waals surface area contributed by atoms with Crippen molar-refractivity contribution in [2.45, 2.75) is 6.17 Å². The highest BCUT2D eigenvalue weighted by atomic mass is 16.6. The van der Waals surface area contributed by atoms with Gasteiger partial charge in [0.05, 0.1) is 0 Å². The molecule has 1 atom stereocenters. The van der Waals surface area contributed by atoms with E-state index in [1.807, 2.05) is 0 Å². The summed E-state index contributed by atoms with van der Waals surface area (Å²) in [5.74, 6) is 0. The number of ether oxygens (including phenoxy) is 1. The van der Waals surface area contributed by atoms with Gasteiger partial charge in [-0.05, 0) is 0 Å². The highest BCUT2D eigenvalue weighted by Crippen LogP contribution is 1.88. The maximum Gasteiger partial charge on any atom is 0.408 e. The number of carbonyl (C=O) groups is 1. The lowest BCUT2D eigenvalue weighted by atomic mass is 10.6. The van der Waals surface area contributed by atoms with E-state index in [0.717, 1.165) is 0 Å². The molecule has 0 aromatic rings. The third-order valence-corrected chi connectivity index (χ3v) is 0.697. The Balaban J connectivity index is 2.40. The number of hydrogen-bond donors (Lipinski definition) is 2. The number of rotatable bonds is 0. The number of hydrogen-bond acceptors (Lipinski definition) is 3. The van der Waals surface area contributed by atoms with Gasteiger partial charge >= 0.3 is 6.09 Å². The molecule has 1 aliphatic rings. The lowest BCUT2D eigenvalue weighted by Crippen LogP contribution is -2.34. The molecule has 0 aromatic carbocycles. The summed E-state index contributed by atoms with van der Waals surface area (Å²) in [5.41, 5.74) is 5.17. The maximum atomic E-state index is 10.0. The molecule has 0 unspecified atom stereocenters. The Morgan fingerprint density at radius 1 is 2.00 bits per heavy atom. The van der Waals surface area contributed by atoms with Gasteiger partial charge in [0.15, 0.2) is 0 Å². The quantitative estimate of drug-likeness (QED) is 0.412. The van der Waals surface area contributed by atoms with Crippen LogP contribution in [0.15, 0.2) is 0 Å². The summed E-state index contributed by atoms with van der Waals surface area (Å²) in [6, 6.07) is 0. The van der Waals surface area contributed by atoms with Crippen molar-refractivity contribution in [3.05, 3.63) is 0 Å². The molecule has 1 aliphatic heterocycles. The number of alkyl carbamates (subject to hydrolysis) is 1. The van der Waals surface area contributed by atoms with Crippen LogP contribution in [0.1, 0.15) is 0 Å². The van der Waals surface area contributed by atoms with Gasteiger partial charge < -0.3 is 15.8 Å². The Kier molecular flexibility index (Phi) is 0.867. The Hall–Kier alpha value is -0.770. The standard InChI is InChI=1S/C3H6N2O2/c4-2-1-7-3(6)5-2/h2H,1,4H2,(H,5,6)/t2-/m1/s1. The van der Waals surface area contributed by atoms with E-state index in [-0.39, 0.29) is 6.17 Å². The third-order valence-electron chi connectivity index (χ3n) is 0.697. The van der Waals surface area contributed by atoms with Gasteiger partial charge in [0.1, 0.15) is 12.8 Å². The number of carbonyl (C=O) groups excluding carboxylic acids is 1. The Bertz CT molecular complexity index is 92.9. The molecule has 3 N–H and O–H groups in total. The Morgan fingerprint density at radius 3 is 2.86 bits per heavy atom. The SMILES string of the molecule is N[C@H]1COC(=O)N1. The van der Waals surface area contributed by atoms with Crippen LogP contribution in [0.3, 0.4) is 0 Å². The number of amides is 1. The zero-order chi connectivity index (χ0) is 5.28. The van der Waals surface area contributed by atoms with Gasteiger partial charge in [0.25, 0.3) is 0 Å². The second-order valence-electron chi connectivity index (χ2n) is 1.35. The second kappa shape index (κ2) is 1.38. The van der Waals surface area contributed by atoms with Crippen LogP contribution in [0.25, 0.3) is 0 Å². The van der Waals surface area contributed by atoms with Gasteiger partial charge in [0, 0.05) is 0 Å². The van der Waals surface area contributed by atoms with Gasteiger partial charge in [0.2, 0.25) is 0 Å². The van der Waals surface area contributed by atoms with Crippen molar-refractivity contribution in [1.29, 1.82) is 0 Å². The maximum absolute atomic E-state index is 10.0. The second-order valence-corrected chi connectivity index (χ2v) is 1.35. The summed E-state index contributed by atoms with van der Waals surface area (Å²) >= 11 is 0. The summed E-state index contributed by atoms with van der Waals surface area (Å²) in [4.78, 5) is 10.0. The zero-order valence-corrected chi connectivity index (χ0v) is 3.68. The Morgan fingerprint density at radius 2 is 2.71 bits per heavy atom. The predicted octanol–water partition coefficient (Wildman–Crippen LogP) is -0.989. The zero-order valence-electron chi connectivity index (χ0n) is 3.68. The molecule has 0 bridgehead atoms. The van der Waals surface area contributed by atoms with E-state index < -0.39 is 6.09 Å². The molecular weight excluding hydrogens is 96.0 g/mol. The fraction of sp³-hybridized carbons (Fsp3) is 0.667. The van der Waals surface area contributed by atoms with E-state index in [1.54, 1.807) is 0 Å².